The van der Waals surface area contributed by atoms with E-state index in [4.69, 9.17) is 0 Å². The number of carbonyl (C=O) groups is 2. The molecule has 0 unspecified atom stereocenters. The molecule has 8 heteroatoms. The van der Waals surface area contributed by atoms with Crippen molar-refractivity contribution < 1.29 is 9.59 Å². The van der Waals surface area contributed by atoms with Crippen LogP contribution in [0.5, 0.6) is 0 Å². The van der Waals surface area contributed by atoms with Gasteiger partial charge in [-0.1, -0.05) is 6.07 Å². The molecule has 0 saturated heterocycles. The summed E-state index contributed by atoms with van der Waals surface area (Å²) in [5.41, 5.74) is 0.853. The summed E-state index contributed by atoms with van der Waals surface area (Å²) in [7, 11) is 0. The molecule has 1 heterocycles. The monoisotopic (exact) mass is 376 g/mol. The Kier molecular flexibility index (Phi) is 10.5. The van der Waals surface area contributed by atoms with E-state index < -0.39 is 0 Å². The molecule has 1 rings (SSSR count). The Labute approximate surface area is 161 Å². The van der Waals surface area contributed by atoms with Crippen molar-refractivity contribution in [2.45, 2.75) is 40.5 Å². The van der Waals surface area contributed by atoms with Gasteiger partial charge in [-0.05, 0) is 39.8 Å². The lowest BCUT2D eigenvalue weighted by Gasteiger charge is -2.18. The van der Waals surface area contributed by atoms with Crippen LogP contribution in [0.1, 0.15) is 39.3 Å². The van der Waals surface area contributed by atoms with E-state index in [2.05, 4.69) is 25.9 Å². The fourth-order valence-electron chi connectivity index (χ4n) is 2.45. The van der Waals surface area contributed by atoms with Gasteiger partial charge in [0.2, 0.25) is 11.8 Å². The highest BCUT2D eigenvalue weighted by molar-refractivity contribution is 5.90. The summed E-state index contributed by atoms with van der Waals surface area (Å²) in [6.45, 7) is 10.7. The summed E-state index contributed by atoms with van der Waals surface area (Å²) in [6, 6.07) is 5.49. The molecule has 0 aromatic carbocycles. The van der Waals surface area contributed by atoms with E-state index in [9.17, 15) is 9.59 Å². The molecular formula is C19H32N6O2. The topological polar surface area (TPSA) is 98.7 Å². The molecule has 1 aromatic rings. The lowest BCUT2D eigenvalue weighted by atomic mass is 10.3. The maximum absolute atomic E-state index is 12.0. The van der Waals surface area contributed by atoms with E-state index in [0.29, 0.717) is 57.3 Å². The number of nitrogens with one attached hydrogen (secondary N) is 3. The summed E-state index contributed by atoms with van der Waals surface area (Å²) in [4.78, 5) is 34.4. The van der Waals surface area contributed by atoms with Gasteiger partial charge < -0.3 is 20.9 Å². The molecule has 3 N–H and O–H groups in total. The number of hydrogen-bond acceptors (Lipinski definition) is 4. The number of anilines is 1. The highest BCUT2D eigenvalue weighted by Gasteiger charge is 2.09. The minimum Gasteiger partial charge on any atom is -0.357 e. The van der Waals surface area contributed by atoms with Crippen LogP contribution < -0.4 is 16.0 Å². The van der Waals surface area contributed by atoms with Crippen molar-refractivity contribution in [3.63, 3.8) is 0 Å². The van der Waals surface area contributed by atoms with E-state index in [0.717, 1.165) is 5.69 Å². The number of aromatic nitrogens is 1. The van der Waals surface area contributed by atoms with Gasteiger partial charge in [0.15, 0.2) is 5.96 Å². The van der Waals surface area contributed by atoms with Gasteiger partial charge in [0.05, 0.1) is 6.54 Å². The van der Waals surface area contributed by atoms with Crippen molar-refractivity contribution >= 4 is 23.6 Å². The predicted molar refractivity (Wildman–Crippen MR) is 109 cm³/mol. The number of pyridine rings is 1. The second-order valence-corrected chi connectivity index (χ2v) is 5.97. The van der Waals surface area contributed by atoms with E-state index in [1.54, 1.807) is 11.0 Å². The van der Waals surface area contributed by atoms with E-state index >= 15 is 0 Å². The second kappa shape index (κ2) is 12.7. The first-order chi connectivity index (χ1) is 13.0. The number of rotatable bonds is 10. The predicted octanol–water partition coefficient (Wildman–Crippen LogP) is 1.53. The molecule has 0 bridgehead atoms. The normalized spacial score (nSPS) is 11.0. The molecule has 1 aromatic heterocycles. The molecule has 0 saturated carbocycles. The van der Waals surface area contributed by atoms with Gasteiger partial charge in [0.25, 0.3) is 0 Å². The van der Waals surface area contributed by atoms with Gasteiger partial charge in [0, 0.05) is 44.7 Å². The number of aliphatic imine (C=N–C) groups is 1. The van der Waals surface area contributed by atoms with E-state index in [-0.39, 0.29) is 11.8 Å². The number of carbonyl (C=O) groups excluding carboxylic acids is 2. The smallest absolute Gasteiger partial charge is 0.227 e. The molecule has 0 radical (unpaired) electrons. The lowest BCUT2D eigenvalue weighted by molar-refractivity contribution is -0.130. The number of aryl methyl sites for hydroxylation is 1. The molecule has 150 valence electrons. The summed E-state index contributed by atoms with van der Waals surface area (Å²) < 4.78 is 0. The minimum atomic E-state index is -0.117. The number of guanidine groups is 1. The van der Waals surface area contributed by atoms with Crippen molar-refractivity contribution in [2.75, 3.05) is 38.0 Å². The molecule has 27 heavy (non-hydrogen) atoms. The fraction of sp³-hybridized carbons (Fsp3) is 0.579. The first-order valence-corrected chi connectivity index (χ1v) is 9.53. The third kappa shape index (κ3) is 9.03. The Hall–Kier alpha value is -2.64. The van der Waals surface area contributed by atoms with Crippen molar-refractivity contribution in [2.24, 2.45) is 4.99 Å². The van der Waals surface area contributed by atoms with Gasteiger partial charge >= 0.3 is 0 Å². The van der Waals surface area contributed by atoms with Crippen LogP contribution in [0.2, 0.25) is 0 Å². The fourth-order valence-corrected chi connectivity index (χ4v) is 2.45. The summed E-state index contributed by atoms with van der Waals surface area (Å²) >= 11 is 0. The molecule has 0 aliphatic heterocycles. The van der Waals surface area contributed by atoms with Crippen LogP contribution in [0.4, 0.5) is 5.82 Å². The average molecular weight is 377 g/mol. The molecule has 2 amide bonds. The molecule has 8 nitrogen and oxygen atoms in total. The van der Waals surface area contributed by atoms with Crippen LogP contribution in [0.3, 0.4) is 0 Å². The zero-order valence-electron chi connectivity index (χ0n) is 16.8. The third-order valence-corrected chi connectivity index (χ3v) is 3.86. The average Bonchev–Trinajstić information content (AvgIpc) is 2.62. The molecule has 0 atom stereocenters. The van der Waals surface area contributed by atoms with Gasteiger partial charge in [-0.15, -0.1) is 0 Å². The number of nitrogens with zero attached hydrogens (tertiary/aromatic N) is 3. The first-order valence-electron chi connectivity index (χ1n) is 9.53. The maximum Gasteiger partial charge on any atom is 0.227 e. The SMILES string of the molecule is CCNC(=NCCC(=O)N(CC)CC)NCCC(=O)Nc1cccc(C)n1. The Balaban J connectivity index is 2.40. The van der Waals surface area contributed by atoms with Gasteiger partial charge in [-0.2, -0.15) is 0 Å². The molecular weight excluding hydrogens is 344 g/mol. The van der Waals surface area contributed by atoms with Crippen molar-refractivity contribution in [1.82, 2.24) is 20.5 Å². The zero-order chi connectivity index (χ0) is 20.1. The third-order valence-electron chi connectivity index (χ3n) is 3.86. The zero-order valence-corrected chi connectivity index (χ0v) is 16.8. The van der Waals surface area contributed by atoms with E-state index in [1.165, 1.54) is 0 Å². The van der Waals surface area contributed by atoms with Crippen LogP contribution in [0.25, 0.3) is 0 Å². The van der Waals surface area contributed by atoms with Gasteiger partial charge in [0.1, 0.15) is 5.82 Å². The highest BCUT2D eigenvalue weighted by atomic mass is 16.2. The molecule has 0 aliphatic carbocycles. The summed E-state index contributed by atoms with van der Waals surface area (Å²) in [6.07, 6.45) is 0.663. The maximum atomic E-state index is 12.0. The van der Waals surface area contributed by atoms with Gasteiger partial charge in [-0.3, -0.25) is 14.6 Å². The van der Waals surface area contributed by atoms with Crippen LogP contribution in [-0.2, 0) is 9.59 Å². The number of amides is 2. The highest BCUT2D eigenvalue weighted by Crippen LogP contribution is 2.03. The van der Waals surface area contributed by atoms with Crippen molar-refractivity contribution in [3.8, 4) is 0 Å². The Morgan fingerprint density at radius 3 is 2.48 bits per heavy atom. The summed E-state index contributed by atoms with van der Waals surface area (Å²) in [5.74, 6) is 1.14. The summed E-state index contributed by atoms with van der Waals surface area (Å²) in [5, 5.41) is 9.00. The van der Waals surface area contributed by atoms with Crippen LogP contribution in [-0.4, -0.2) is 60.4 Å². The van der Waals surface area contributed by atoms with Crippen LogP contribution in [0, 0.1) is 6.92 Å². The molecule has 0 spiro atoms. The second-order valence-electron chi connectivity index (χ2n) is 5.97. The minimum absolute atomic E-state index is 0.102. The first kappa shape index (κ1) is 22.4. The van der Waals surface area contributed by atoms with Gasteiger partial charge in [-0.25, -0.2) is 4.98 Å². The van der Waals surface area contributed by atoms with Crippen molar-refractivity contribution in [3.05, 3.63) is 23.9 Å². The Morgan fingerprint density at radius 1 is 1.11 bits per heavy atom. The quantitative estimate of drug-likeness (QED) is 0.425. The van der Waals surface area contributed by atoms with E-state index in [1.807, 2.05) is 39.8 Å². The molecule has 0 aliphatic rings. The largest absolute Gasteiger partial charge is 0.357 e. The Bertz CT molecular complexity index is 628. The standard InChI is InChI=1S/C19H32N6O2/c1-5-20-19(22-14-12-18(27)25(6-2)7-3)21-13-11-17(26)24-16-10-8-9-15(4)23-16/h8-10H,5-7,11-14H2,1-4H3,(H2,20,21,22)(H,23,24,26). The van der Waals surface area contributed by atoms with Crippen LogP contribution in [0.15, 0.2) is 23.2 Å². The Morgan fingerprint density at radius 2 is 1.85 bits per heavy atom. The number of hydrogen-bond donors (Lipinski definition) is 3. The molecule has 0 fully saturated rings. The lowest BCUT2D eigenvalue weighted by Crippen LogP contribution is -2.39. The van der Waals surface area contributed by atoms with Crippen LogP contribution >= 0.6 is 0 Å². The van der Waals surface area contributed by atoms with Crippen molar-refractivity contribution in [1.29, 1.82) is 0 Å².